The van der Waals surface area contributed by atoms with Crippen LogP contribution in [0, 0.1) is 5.82 Å². The lowest BCUT2D eigenvalue weighted by Crippen LogP contribution is -2.49. The van der Waals surface area contributed by atoms with Gasteiger partial charge in [-0.2, -0.15) is 0 Å². The van der Waals surface area contributed by atoms with E-state index >= 15 is 0 Å². The van der Waals surface area contributed by atoms with Crippen molar-refractivity contribution in [3.63, 3.8) is 0 Å². The van der Waals surface area contributed by atoms with Gasteiger partial charge >= 0.3 is 6.09 Å². The van der Waals surface area contributed by atoms with Gasteiger partial charge in [-0.3, -0.25) is 4.79 Å². The molecule has 2 heterocycles. The Balaban J connectivity index is 1.57. The van der Waals surface area contributed by atoms with Gasteiger partial charge in [0.25, 0.3) is 5.91 Å². The third kappa shape index (κ3) is 4.16. The molecule has 2 amide bonds. The number of carbonyl (C=O) groups is 2. The maximum atomic E-state index is 13.5. The molecule has 9 heteroatoms. The normalized spacial score (nSPS) is 22.9. The summed E-state index contributed by atoms with van der Waals surface area (Å²) in [5, 5.41) is 3.31. The Morgan fingerprint density at radius 3 is 2.92 bits per heavy atom. The molecule has 0 aromatic carbocycles. The predicted octanol–water partition coefficient (Wildman–Crippen LogP) is 0.942. The molecule has 3 rings (SSSR count). The van der Waals surface area contributed by atoms with E-state index in [0.29, 0.717) is 18.1 Å². The number of hydrogen-bond acceptors (Lipinski definition) is 6. The SMILES string of the molecule is NC(=O)OCCN[C@H]1CC[C@H](N2C(=O)COc3ncc(F)cc32)CC1. The van der Waals surface area contributed by atoms with E-state index in [1.54, 1.807) is 4.90 Å². The summed E-state index contributed by atoms with van der Waals surface area (Å²) < 4.78 is 23.5. The Hall–Kier alpha value is -2.42. The molecule has 1 fully saturated rings. The molecule has 1 aliphatic heterocycles. The molecule has 25 heavy (non-hydrogen) atoms. The van der Waals surface area contributed by atoms with Crippen LogP contribution in [0.25, 0.3) is 0 Å². The van der Waals surface area contributed by atoms with Gasteiger partial charge in [0.1, 0.15) is 18.1 Å². The van der Waals surface area contributed by atoms with Gasteiger partial charge in [0.15, 0.2) is 6.61 Å². The summed E-state index contributed by atoms with van der Waals surface area (Å²) in [6, 6.07) is 1.58. The first-order chi connectivity index (χ1) is 12.0. The fourth-order valence-corrected chi connectivity index (χ4v) is 3.39. The number of rotatable bonds is 5. The summed E-state index contributed by atoms with van der Waals surface area (Å²) in [6.45, 7) is 0.691. The first kappa shape index (κ1) is 17.4. The maximum Gasteiger partial charge on any atom is 0.404 e. The average Bonchev–Trinajstić information content (AvgIpc) is 2.59. The minimum atomic E-state index is -0.782. The second-order valence-corrected chi connectivity index (χ2v) is 6.16. The number of aromatic nitrogens is 1. The van der Waals surface area contributed by atoms with Crippen LogP contribution in [0.5, 0.6) is 5.88 Å². The smallest absolute Gasteiger partial charge is 0.404 e. The molecule has 0 unspecified atom stereocenters. The fraction of sp³-hybridized carbons (Fsp3) is 0.562. The molecule has 0 bridgehead atoms. The van der Waals surface area contributed by atoms with Crippen LogP contribution in [-0.4, -0.2) is 48.8 Å². The molecule has 0 atom stereocenters. The number of amides is 2. The molecule has 1 aromatic rings. The van der Waals surface area contributed by atoms with Gasteiger partial charge in [-0.15, -0.1) is 0 Å². The molecule has 0 radical (unpaired) electrons. The van der Waals surface area contributed by atoms with Crippen molar-refractivity contribution in [3.8, 4) is 5.88 Å². The van der Waals surface area contributed by atoms with Gasteiger partial charge in [-0.05, 0) is 25.7 Å². The van der Waals surface area contributed by atoms with Gasteiger partial charge in [0.05, 0.1) is 6.20 Å². The fourth-order valence-electron chi connectivity index (χ4n) is 3.39. The van der Waals surface area contributed by atoms with E-state index < -0.39 is 11.9 Å². The van der Waals surface area contributed by atoms with E-state index in [0.717, 1.165) is 31.9 Å². The van der Waals surface area contributed by atoms with Gasteiger partial charge in [-0.25, -0.2) is 14.2 Å². The number of nitrogens with two attached hydrogens (primary N) is 1. The predicted molar refractivity (Wildman–Crippen MR) is 86.8 cm³/mol. The molecule has 0 saturated heterocycles. The van der Waals surface area contributed by atoms with E-state index in [-0.39, 0.29) is 31.2 Å². The van der Waals surface area contributed by atoms with Crippen LogP contribution < -0.4 is 20.7 Å². The van der Waals surface area contributed by atoms with Crippen LogP contribution in [-0.2, 0) is 9.53 Å². The molecule has 136 valence electrons. The quantitative estimate of drug-likeness (QED) is 0.764. The highest BCUT2D eigenvalue weighted by Crippen LogP contribution is 2.35. The highest BCUT2D eigenvalue weighted by Gasteiger charge is 2.35. The van der Waals surface area contributed by atoms with Crippen molar-refractivity contribution < 1.29 is 23.5 Å². The average molecular weight is 352 g/mol. The van der Waals surface area contributed by atoms with Crippen LogP contribution >= 0.6 is 0 Å². The molecular formula is C16H21FN4O4. The number of nitrogens with one attached hydrogen (secondary N) is 1. The van der Waals surface area contributed by atoms with E-state index in [4.69, 9.17) is 10.5 Å². The van der Waals surface area contributed by atoms with Gasteiger partial charge in [0.2, 0.25) is 5.88 Å². The van der Waals surface area contributed by atoms with Crippen molar-refractivity contribution >= 4 is 17.7 Å². The van der Waals surface area contributed by atoms with Crippen LogP contribution in [0.3, 0.4) is 0 Å². The Kier molecular flexibility index (Phi) is 5.32. The summed E-state index contributed by atoms with van der Waals surface area (Å²) in [5.41, 5.74) is 5.31. The second kappa shape index (κ2) is 7.64. The highest BCUT2D eigenvalue weighted by atomic mass is 19.1. The number of pyridine rings is 1. The molecule has 1 aliphatic carbocycles. The number of fused-ring (bicyclic) bond motifs is 1. The Morgan fingerprint density at radius 1 is 1.44 bits per heavy atom. The van der Waals surface area contributed by atoms with Gasteiger partial charge in [-0.1, -0.05) is 0 Å². The first-order valence-electron chi connectivity index (χ1n) is 8.30. The lowest BCUT2D eigenvalue weighted by Gasteiger charge is -2.39. The highest BCUT2D eigenvalue weighted by molar-refractivity contribution is 5.97. The summed E-state index contributed by atoms with van der Waals surface area (Å²) in [6.07, 6.45) is 3.61. The van der Waals surface area contributed by atoms with Crippen molar-refractivity contribution in [2.24, 2.45) is 5.73 Å². The molecule has 1 saturated carbocycles. The zero-order valence-corrected chi connectivity index (χ0v) is 13.7. The monoisotopic (exact) mass is 352 g/mol. The summed E-state index contributed by atoms with van der Waals surface area (Å²) >= 11 is 0. The van der Waals surface area contributed by atoms with Crippen LogP contribution in [0.1, 0.15) is 25.7 Å². The third-order valence-corrected chi connectivity index (χ3v) is 4.50. The largest absolute Gasteiger partial charge is 0.466 e. The van der Waals surface area contributed by atoms with Crippen molar-refractivity contribution in [3.05, 3.63) is 18.1 Å². The lowest BCUT2D eigenvalue weighted by atomic mass is 9.89. The number of ether oxygens (including phenoxy) is 2. The lowest BCUT2D eigenvalue weighted by molar-refractivity contribution is -0.122. The van der Waals surface area contributed by atoms with E-state index in [9.17, 15) is 14.0 Å². The first-order valence-corrected chi connectivity index (χ1v) is 8.30. The number of nitrogens with zero attached hydrogens (tertiary/aromatic N) is 2. The number of halogens is 1. The zero-order chi connectivity index (χ0) is 17.8. The summed E-state index contributed by atoms with van der Waals surface area (Å²) in [7, 11) is 0. The molecule has 3 N–H and O–H groups in total. The van der Waals surface area contributed by atoms with Gasteiger partial charge < -0.3 is 25.4 Å². The molecular weight excluding hydrogens is 331 g/mol. The zero-order valence-electron chi connectivity index (χ0n) is 13.7. The molecule has 2 aliphatic rings. The topological polar surface area (TPSA) is 107 Å². The minimum absolute atomic E-state index is 0.00123. The van der Waals surface area contributed by atoms with Crippen LogP contribution in [0.4, 0.5) is 14.9 Å². The Labute approximate surface area is 144 Å². The number of anilines is 1. The third-order valence-electron chi connectivity index (χ3n) is 4.50. The van der Waals surface area contributed by atoms with Crippen molar-refractivity contribution in [2.75, 3.05) is 24.7 Å². The van der Waals surface area contributed by atoms with E-state index in [1.165, 1.54) is 6.07 Å². The number of primary amides is 1. The van der Waals surface area contributed by atoms with Gasteiger partial charge in [0, 0.05) is 24.7 Å². The molecule has 1 aromatic heterocycles. The summed E-state index contributed by atoms with van der Waals surface area (Å²) in [5.74, 6) is -0.372. The Morgan fingerprint density at radius 2 is 2.20 bits per heavy atom. The van der Waals surface area contributed by atoms with Crippen molar-refractivity contribution in [2.45, 2.75) is 37.8 Å². The Bertz CT molecular complexity index is 649. The number of hydrogen-bond donors (Lipinski definition) is 2. The van der Waals surface area contributed by atoms with E-state index in [1.807, 2.05) is 0 Å². The van der Waals surface area contributed by atoms with Crippen LogP contribution in [0.2, 0.25) is 0 Å². The second-order valence-electron chi connectivity index (χ2n) is 6.16. The molecule has 8 nitrogen and oxygen atoms in total. The maximum absolute atomic E-state index is 13.5. The molecule has 0 spiro atoms. The van der Waals surface area contributed by atoms with E-state index in [2.05, 4.69) is 15.0 Å². The van der Waals surface area contributed by atoms with Crippen molar-refractivity contribution in [1.82, 2.24) is 10.3 Å². The summed E-state index contributed by atoms with van der Waals surface area (Å²) in [4.78, 5) is 28.4. The minimum Gasteiger partial charge on any atom is -0.466 e. The van der Waals surface area contributed by atoms with Crippen molar-refractivity contribution in [1.29, 1.82) is 0 Å². The van der Waals surface area contributed by atoms with Crippen LogP contribution in [0.15, 0.2) is 12.3 Å². The standard InChI is InChI=1S/C16H21FN4O4/c17-10-7-13-15(20-8-10)25-9-14(22)21(13)12-3-1-11(2-4-12)19-5-6-24-16(18)23/h7-8,11-12,19H,1-6,9H2,(H2,18,23)/t11-,12-. The number of carbonyl (C=O) groups excluding carboxylic acids is 2.